The van der Waals surface area contributed by atoms with Crippen molar-refractivity contribution in [2.24, 2.45) is 5.10 Å². The fourth-order valence-electron chi connectivity index (χ4n) is 4.62. The van der Waals surface area contributed by atoms with Crippen LogP contribution in [0.25, 0.3) is 11.0 Å². The molecule has 0 aliphatic carbocycles. The quantitative estimate of drug-likeness (QED) is 0.376. The van der Waals surface area contributed by atoms with Gasteiger partial charge in [0.15, 0.2) is 0 Å². The first-order valence-corrected chi connectivity index (χ1v) is 12.1. The fraction of sp³-hybridized carbons (Fsp3) is 0.207. The van der Waals surface area contributed by atoms with Gasteiger partial charge in [-0.2, -0.15) is 5.10 Å². The lowest BCUT2D eigenvalue weighted by Crippen LogP contribution is -2.27. The van der Waals surface area contributed by atoms with Crippen molar-refractivity contribution < 1.29 is 14.3 Å². The van der Waals surface area contributed by atoms with Crippen molar-refractivity contribution in [2.75, 3.05) is 18.0 Å². The van der Waals surface area contributed by atoms with E-state index in [2.05, 4.69) is 23.8 Å². The Labute approximate surface area is 208 Å². The molecule has 4 aromatic rings. The van der Waals surface area contributed by atoms with Gasteiger partial charge in [-0.25, -0.2) is 9.80 Å². The summed E-state index contributed by atoms with van der Waals surface area (Å²) in [4.78, 5) is 28.7. The zero-order chi connectivity index (χ0) is 25.2. The Morgan fingerprint density at radius 3 is 2.44 bits per heavy atom. The molecule has 0 bridgehead atoms. The van der Waals surface area contributed by atoms with Crippen molar-refractivity contribution in [3.8, 4) is 5.75 Å². The number of rotatable bonds is 6. The molecule has 1 N–H and O–H groups in total. The number of fused-ring (bicyclic) bond motifs is 1. The molecule has 5 rings (SSSR count). The molecule has 182 valence electrons. The van der Waals surface area contributed by atoms with E-state index >= 15 is 0 Å². The Morgan fingerprint density at radius 2 is 1.75 bits per heavy atom. The van der Waals surface area contributed by atoms with E-state index in [9.17, 15) is 14.7 Å². The van der Waals surface area contributed by atoms with Gasteiger partial charge in [0, 0.05) is 42.2 Å². The monoisotopic (exact) mass is 481 g/mol. The minimum atomic E-state index is -0.489. The Bertz CT molecular complexity index is 1490. The number of hydrogen-bond acceptors (Lipinski definition) is 6. The van der Waals surface area contributed by atoms with E-state index < -0.39 is 11.7 Å². The molecule has 1 amide bonds. The van der Waals surface area contributed by atoms with E-state index in [1.54, 1.807) is 54.6 Å². The smallest absolute Gasteiger partial charge is 0.345 e. The predicted molar refractivity (Wildman–Crippen MR) is 141 cm³/mol. The topological polar surface area (TPSA) is 86.4 Å². The minimum Gasteiger partial charge on any atom is -0.508 e. The molecule has 1 aliphatic heterocycles. The normalized spacial score (nSPS) is 15.2. The highest BCUT2D eigenvalue weighted by Gasteiger charge is 2.34. The van der Waals surface area contributed by atoms with Crippen molar-refractivity contribution >= 4 is 28.3 Å². The number of hydrazone groups is 1. The van der Waals surface area contributed by atoms with Crippen LogP contribution in [0, 0.1) is 0 Å². The Balaban J connectivity index is 1.56. The van der Waals surface area contributed by atoms with Gasteiger partial charge in [-0.1, -0.05) is 30.3 Å². The van der Waals surface area contributed by atoms with E-state index in [1.807, 2.05) is 24.3 Å². The number of carbonyl (C=O) groups excluding carboxylic acids is 1. The van der Waals surface area contributed by atoms with E-state index in [1.165, 1.54) is 5.01 Å². The average Bonchev–Trinajstić information content (AvgIpc) is 3.34. The Morgan fingerprint density at radius 1 is 1.03 bits per heavy atom. The largest absolute Gasteiger partial charge is 0.508 e. The number of benzene rings is 3. The van der Waals surface area contributed by atoms with Crippen LogP contribution < -0.4 is 10.5 Å². The lowest BCUT2D eigenvalue weighted by Gasteiger charge is -2.22. The van der Waals surface area contributed by atoms with Crippen molar-refractivity contribution in [3.63, 3.8) is 0 Å². The minimum absolute atomic E-state index is 0.137. The number of hydrogen-bond donors (Lipinski definition) is 1. The molecular weight excluding hydrogens is 454 g/mol. The Kier molecular flexibility index (Phi) is 6.29. The summed E-state index contributed by atoms with van der Waals surface area (Å²) in [5.74, 6) is -0.129. The molecule has 2 heterocycles. The second-order valence-electron chi connectivity index (χ2n) is 8.72. The van der Waals surface area contributed by atoms with Gasteiger partial charge in [0.25, 0.3) is 5.91 Å². The first-order valence-electron chi connectivity index (χ1n) is 12.1. The zero-order valence-corrected chi connectivity index (χ0v) is 20.2. The highest BCUT2D eigenvalue weighted by molar-refractivity contribution is 6.06. The van der Waals surface area contributed by atoms with E-state index in [0.29, 0.717) is 28.8 Å². The van der Waals surface area contributed by atoms with Crippen molar-refractivity contribution in [3.05, 3.63) is 106 Å². The van der Waals surface area contributed by atoms with Gasteiger partial charge in [0.05, 0.1) is 17.3 Å². The summed E-state index contributed by atoms with van der Waals surface area (Å²) in [6.07, 6.45) is 0.344. The predicted octanol–water partition coefficient (Wildman–Crippen LogP) is 5.34. The molecule has 3 aromatic carbocycles. The summed E-state index contributed by atoms with van der Waals surface area (Å²) in [7, 11) is 0. The molecule has 0 saturated heterocycles. The number of aromatic hydroxyl groups is 1. The van der Waals surface area contributed by atoms with Crippen LogP contribution in [-0.2, 0) is 0 Å². The van der Waals surface area contributed by atoms with Gasteiger partial charge in [0.1, 0.15) is 11.3 Å². The molecule has 0 saturated carbocycles. The first kappa shape index (κ1) is 23.4. The molecule has 7 heteroatoms. The molecule has 1 unspecified atom stereocenters. The van der Waals surface area contributed by atoms with Crippen LogP contribution in [0.2, 0.25) is 0 Å². The highest BCUT2D eigenvalue weighted by atomic mass is 16.4. The lowest BCUT2D eigenvalue weighted by molar-refractivity contribution is 0.0711. The molecule has 0 radical (unpaired) electrons. The van der Waals surface area contributed by atoms with Crippen LogP contribution in [0.5, 0.6) is 5.75 Å². The van der Waals surface area contributed by atoms with E-state index in [0.717, 1.165) is 29.7 Å². The maximum Gasteiger partial charge on any atom is 0.345 e. The van der Waals surface area contributed by atoms with Crippen molar-refractivity contribution in [1.82, 2.24) is 5.01 Å². The molecule has 1 aromatic heterocycles. The van der Waals surface area contributed by atoms with Gasteiger partial charge >= 0.3 is 5.63 Å². The molecule has 0 spiro atoms. The van der Waals surface area contributed by atoms with Crippen LogP contribution in [0.1, 0.15) is 47.8 Å². The second kappa shape index (κ2) is 9.70. The van der Waals surface area contributed by atoms with E-state index in [4.69, 9.17) is 4.42 Å². The highest BCUT2D eigenvalue weighted by Crippen LogP contribution is 2.34. The summed E-state index contributed by atoms with van der Waals surface area (Å²) < 4.78 is 5.72. The number of nitrogens with zero attached hydrogens (tertiary/aromatic N) is 3. The second-order valence-corrected chi connectivity index (χ2v) is 8.72. The maximum atomic E-state index is 13.4. The average molecular weight is 482 g/mol. The van der Waals surface area contributed by atoms with Crippen LogP contribution in [0.3, 0.4) is 0 Å². The zero-order valence-electron chi connectivity index (χ0n) is 20.2. The number of phenols is 1. The third-order valence-electron chi connectivity index (χ3n) is 6.58. The van der Waals surface area contributed by atoms with E-state index in [-0.39, 0.29) is 11.7 Å². The van der Waals surface area contributed by atoms with Crippen LogP contribution in [-0.4, -0.2) is 34.8 Å². The summed E-state index contributed by atoms with van der Waals surface area (Å²) in [6.45, 7) is 5.87. The summed E-state index contributed by atoms with van der Waals surface area (Å²) in [6, 6.07) is 22.8. The third-order valence-corrected chi connectivity index (χ3v) is 6.58. The van der Waals surface area contributed by atoms with Crippen LogP contribution in [0.4, 0.5) is 5.69 Å². The molecule has 36 heavy (non-hydrogen) atoms. The number of carbonyl (C=O) groups is 1. The molecule has 1 atom stereocenters. The molecular formula is C29H27N3O4. The van der Waals surface area contributed by atoms with Gasteiger partial charge < -0.3 is 14.4 Å². The van der Waals surface area contributed by atoms with Crippen molar-refractivity contribution in [2.45, 2.75) is 26.3 Å². The van der Waals surface area contributed by atoms with Gasteiger partial charge in [-0.05, 0) is 61.9 Å². The SMILES string of the molecule is CCN(CC)c1ccc2cc(C3=NN(C(=O)c4ccccc4)C(c4ccc(O)cc4)C3)c(=O)oc2c1. The first-order chi connectivity index (χ1) is 17.5. The number of amides is 1. The van der Waals surface area contributed by atoms with Crippen LogP contribution >= 0.6 is 0 Å². The molecule has 7 nitrogen and oxygen atoms in total. The standard InChI is InChI=1S/C29H27N3O4/c1-3-31(4-2)22-13-10-21-16-24(29(35)36-27(21)17-22)25-18-26(19-11-14-23(33)15-12-19)32(30-25)28(34)20-8-6-5-7-9-20/h5-17,26,33H,3-4,18H2,1-2H3. The summed E-state index contributed by atoms with van der Waals surface area (Å²) in [5.41, 5.74) is 3.15. The summed E-state index contributed by atoms with van der Waals surface area (Å²) in [5, 5.41) is 16.6. The number of phenolic OH excluding ortho intramolecular Hbond substituents is 1. The third kappa shape index (κ3) is 4.35. The lowest BCUT2D eigenvalue weighted by atomic mass is 9.98. The van der Waals surface area contributed by atoms with Gasteiger partial charge in [-0.15, -0.1) is 0 Å². The number of anilines is 1. The Hall–Kier alpha value is -4.39. The fourth-order valence-corrected chi connectivity index (χ4v) is 4.62. The summed E-state index contributed by atoms with van der Waals surface area (Å²) >= 11 is 0. The van der Waals surface area contributed by atoms with Gasteiger partial charge in [0.2, 0.25) is 0 Å². The van der Waals surface area contributed by atoms with Crippen LogP contribution in [0.15, 0.2) is 93.2 Å². The maximum absolute atomic E-state index is 13.4. The van der Waals surface area contributed by atoms with Gasteiger partial charge in [-0.3, -0.25) is 4.79 Å². The molecule has 1 aliphatic rings. The van der Waals surface area contributed by atoms with Crippen molar-refractivity contribution in [1.29, 1.82) is 0 Å². The molecule has 0 fully saturated rings.